The highest BCUT2D eigenvalue weighted by molar-refractivity contribution is 7.13. The minimum Gasteiger partial charge on any atom is -0.473 e. The van der Waals surface area contributed by atoms with Crippen LogP contribution in [0.3, 0.4) is 0 Å². The lowest BCUT2D eigenvalue weighted by Gasteiger charge is -2.04. The molecular formula is C11H12N4O2S. The van der Waals surface area contributed by atoms with E-state index < -0.39 is 0 Å². The average molecular weight is 264 g/mol. The maximum absolute atomic E-state index is 11.8. The van der Waals surface area contributed by atoms with Crippen molar-refractivity contribution in [3.8, 4) is 5.19 Å². The van der Waals surface area contributed by atoms with Crippen molar-refractivity contribution in [2.24, 2.45) is 0 Å². The largest absolute Gasteiger partial charge is 0.473 e. The van der Waals surface area contributed by atoms with Crippen molar-refractivity contribution in [2.45, 2.75) is 6.54 Å². The van der Waals surface area contributed by atoms with E-state index in [9.17, 15) is 4.79 Å². The number of nitrogens with two attached hydrogens (primary N) is 1. The molecule has 0 unspecified atom stereocenters. The van der Waals surface area contributed by atoms with Gasteiger partial charge in [-0.3, -0.25) is 4.79 Å². The number of aromatic nitrogens is 2. The molecule has 0 aliphatic rings. The Labute approximate surface area is 108 Å². The van der Waals surface area contributed by atoms with Crippen LogP contribution >= 0.6 is 11.3 Å². The molecule has 2 rings (SSSR count). The molecule has 0 fully saturated rings. The number of ether oxygens (including phenoxy) is 1. The highest BCUT2D eigenvalue weighted by atomic mass is 32.1. The van der Waals surface area contributed by atoms with Gasteiger partial charge in [0.15, 0.2) is 0 Å². The van der Waals surface area contributed by atoms with Gasteiger partial charge < -0.3 is 15.8 Å². The number of carbonyl (C=O) groups is 1. The van der Waals surface area contributed by atoms with Crippen LogP contribution in [0.2, 0.25) is 0 Å². The summed E-state index contributed by atoms with van der Waals surface area (Å²) in [6.07, 6.45) is 3.20. The molecule has 2 heterocycles. The number of hydrogen-bond donors (Lipinski definition) is 2. The summed E-state index contributed by atoms with van der Waals surface area (Å²) in [4.78, 5) is 20.6. The van der Waals surface area contributed by atoms with Crippen molar-refractivity contribution in [3.05, 3.63) is 35.0 Å². The Morgan fingerprint density at radius 2 is 2.39 bits per heavy atom. The SMILES string of the molecule is COc1ncc(CNC(=O)c2cccnc2N)s1. The van der Waals surface area contributed by atoms with Gasteiger partial charge in [-0.1, -0.05) is 11.3 Å². The summed E-state index contributed by atoms with van der Waals surface area (Å²) in [6.45, 7) is 0.383. The van der Waals surface area contributed by atoms with E-state index in [0.717, 1.165) is 4.88 Å². The number of hydrogen-bond acceptors (Lipinski definition) is 6. The molecule has 0 aliphatic carbocycles. The monoisotopic (exact) mass is 264 g/mol. The van der Waals surface area contributed by atoms with E-state index in [-0.39, 0.29) is 11.7 Å². The molecule has 18 heavy (non-hydrogen) atoms. The first-order valence-electron chi connectivity index (χ1n) is 5.18. The summed E-state index contributed by atoms with van der Waals surface area (Å²) in [5.74, 6) is -0.0372. The third kappa shape index (κ3) is 2.75. The maximum atomic E-state index is 11.8. The number of anilines is 1. The molecule has 3 N–H and O–H groups in total. The second-order valence-electron chi connectivity index (χ2n) is 3.42. The van der Waals surface area contributed by atoms with Crippen molar-refractivity contribution >= 4 is 23.1 Å². The van der Waals surface area contributed by atoms with Crippen LogP contribution in [0.5, 0.6) is 5.19 Å². The third-order valence-electron chi connectivity index (χ3n) is 2.21. The first-order valence-corrected chi connectivity index (χ1v) is 5.99. The van der Waals surface area contributed by atoms with Gasteiger partial charge in [-0.25, -0.2) is 9.97 Å². The molecule has 94 valence electrons. The second kappa shape index (κ2) is 5.46. The van der Waals surface area contributed by atoms with E-state index in [1.807, 2.05) is 0 Å². The minimum absolute atomic E-state index is 0.219. The number of pyridine rings is 1. The Kier molecular flexibility index (Phi) is 3.73. The van der Waals surface area contributed by atoms with Gasteiger partial charge in [0.05, 0.1) is 19.2 Å². The number of rotatable bonds is 4. The molecule has 2 aromatic heterocycles. The molecule has 2 aromatic rings. The Hall–Kier alpha value is -2.15. The highest BCUT2D eigenvalue weighted by Gasteiger charge is 2.10. The molecule has 0 saturated carbocycles. The van der Waals surface area contributed by atoms with Gasteiger partial charge in [0.25, 0.3) is 11.1 Å². The minimum atomic E-state index is -0.257. The molecule has 6 nitrogen and oxygen atoms in total. The Bertz CT molecular complexity index is 555. The average Bonchev–Trinajstić information content (AvgIpc) is 2.84. The molecule has 0 spiro atoms. The topological polar surface area (TPSA) is 90.1 Å². The van der Waals surface area contributed by atoms with Crippen LogP contribution < -0.4 is 15.8 Å². The number of amides is 1. The Morgan fingerprint density at radius 3 is 3.06 bits per heavy atom. The molecular weight excluding hydrogens is 252 g/mol. The van der Waals surface area contributed by atoms with Gasteiger partial charge in [0.2, 0.25) is 0 Å². The summed E-state index contributed by atoms with van der Waals surface area (Å²) >= 11 is 1.38. The zero-order chi connectivity index (χ0) is 13.0. The van der Waals surface area contributed by atoms with Crippen LogP contribution in [0.4, 0.5) is 5.82 Å². The summed E-state index contributed by atoms with van der Waals surface area (Å²) in [5, 5.41) is 3.32. The van der Waals surface area contributed by atoms with E-state index in [1.54, 1.807) is 31.6 Å². The van der Waals surface area contributed by atoms with Crippen molar-refractivity contribution in [1.29, 1.82) is 0 Å². The van der Waals surface area contributed by atoms with Crippen LogP contribution in [0.25, 0.3) is 0 Å². The van der Waals surface area contributed by atoms with Crippen molar-refractivity contribution < 1.29 is 9.53 Å². The number of carbonyl (C=O) groups excluding carboxylic acids is 1. The summed E-state index contributed by atoms with van der Waals surface area (Å²) in [6, 6.07) is 3.30. The van der Waals surface area contributed by atoms with Crippen LogP contribution in [0.15, 0.2) is 24.5 Å². The fourth-order valence-corrected chi connectivity index (χ4v) is 2.00. The standard InChI is InChI=1S/C11H12N4O2S/c1-17-11-15-6-7(18-11)5-14-10(16)8-3-2-4-13-9(8)12/h2-4,6H,5H2,1H3,(H2,12,13)(H,14,16). The van der Waals surface area contributed by atoms with E-state index in [4.69, 9.17) is 10.5 Å². The summed E-state index contributed by atoms with van der Waals surface area (Å²) in [7, 11) is 1.55. The molecule has 0 bridgehead atoms. The van der Waals surface area contributed by atoms with Crippen LogP contribution in [0, 0.1) is 0 Å². The van der Waals surface area contributed by atoms with Crippen LogP contribution in [-0.2, 0) is 6.54 Å². The summed E-state index contributed by atoms with van der Waals surface area (Å²) < 4.78 is 4.97. The number of thiazole rings is 1. The first-order chi connectivity index (χ1) is 8.70. The lowest BCUT2D eigenvalue weighted by atomic mass is 10.2. The summed E-state index contributed by atoms with van der Waals surface area (Å²) in [5.41, 5.74) is 5.98. The van der Waals surface area contributed by atoms with E-state index in [0.29, 0.717) is 17.3 Å². The van der Waals surface area contributed by atoms with Crippen LogP contribution in [-0.4, -0.2) is 23.0 Å². The molecule has 0 atom stereocenters. The third-order valence-corrected chi connectivity index (χ3v) is 3.17. The number of nitrogens with one attached hydrogen (secondary N) is 1. The quantitative estimate of drug-likeness (QED) is 0.861. The number of nitrogen functional groups attached to an aromatic ring is 1. The number of nitrogens with zero attached hydrogens (tertiary/aromatic N) is 2. The molecule has 1 amide bonds. The smallest absolute Gasteiger partial charge is 0.273 e. The predicted molar refractivity (Wildman–Crippen MR) is 68.5 cm³/mol. The molecule has 7 heteroatoms. The first kappa shape index (κ1) is 12.3. The Morgan fingerprint density at radius 1 is 1.56 bits per heavy atom. The van der Waals surface area contributed by atoms with Gasteiger partial charge >= 0.3 is 0 Å². The van der Waals surface area contributed by atoms with Crippen molar-refractivity contribution in [2.75, 3.05) is 12.8 Å². The van der Waals surface area contributed by atoms with Gasteiger partial charge in [-0.2, -0.15) is 0 Å². The van der Waals surface area contributed by atoms with E-state index in [1.165, 1.54) is 11.3 Å². The maximum Gasteiger partial charge on any atom is 0.273 e. The van der Waals surface area contributed by atoms with E-state index in [2.05, 4.69) is 15.3 Å². The molecule has 0 aromatic carbocycles. The normalized spacial score (nSPS) is 10.1. The fraction of sp³-hybridized carbons (Fsp3) is 0.182. The van der Waals surface area contributed by atoms with Crippen LogP contribution in [0.1, 0.15) is 15.2 Å². The van der Waals surface area contributed by atoms with E-state index >= 15 is 0 Å². The van der Waals surface area contributed by atoms with Gasteiger partial charge in [0, 0.05) is 17.3 Å². The molecule has 0 saturated heterocycles. The van der Waals surface area contributed by atoms with Gasteiger partial charge in [-0.15, -0.1) is 0 Å². The second-order valence-corrected chi connectivity index (χ2v) is 4.49. The van der Waals surface area contributed by atoms with Crippen molar-refractivity contribution in [3.63, 3.8) is 0 Å². The zero-order valence-corrected chi connectivity index (χ0v) is 10.5. The van der Waals surface area contributed by atoms with Crippen molar-refractivity contribution in [1.82, 2.24) is 15.3 Å². The predicted octanol–water partition coefficient (Wildman–Crippen LogP) is 1.06. The van der Waals surface area contributed by atoms with Gasteiger partial charge in [0.1, 0.15) is 5.82 Å². The van der Waals surface area contributed by atoms with Gasteiger partial charge in [-0.05, 0) is 12.1 Å². The Balaban J connectivity index is 1.98. The lowest BCUT2D eigenvalue weighted by molar-refractivity contribution is 0.0952. The molecule has 0 radical (unpaired) electrons. The number of methoxy groups -OCH3 is 1. The lowest BCUT2D eigenvalue weighted by Crippen LogP contribution is -2.23. The highest BCUT2D eigenvalue weighted by Crippen LogP contribution is 2.19. The zero-order valence-electron chi connectivity index (χ0n) is 9.71. The molecule has 0 aliphatic heterocycles. The fourth-order valence-electron chi connectivity index (χ4n) is 1.34.